The third-order valence-electron chi connectivity index (χ3n) is 3.60. The van der Waals surface area contributed by atoms with E-state index in [1.165, 1.54) is 0 Å². The quantitative estimate of drug-likeness (QED) is 0.731. The van der Waals surface area contributed by atoms with Crippen molar-refractivity contribution in [1.29, 1.82) is 0 Å². The number of Topliss-reactive ketones (excluding diaryl/α,β-unsaturated/α-hetero) is 1. The number of rotatable bonds is 5. The Morgan fingerprint density at radius 2 is 2.19 bits per heavy atom. The van der Waals surface area contributed by atoms with Crippen molar-refractivity contribution in [2.45, 2.75) is 45.8 Å². The van der Waals surface area contributed by atoms with Crippen molar-refractivity contribution in [3.05, 3.63) is 0 Å². The molecule has 2 N–H and O–H groups in total. The Balaban J connectivity index is 2.51. The summed E-state index contributed by atoms with van der Waals surface area (Å²) in [5.41, 5.74) is 0.0273. The monoisotopic (exact) mass is 230 g/mol. The van der Waals surface area contributed by atoms with Crippen LogP contribution < -0.4 is 0 Å². The molecule has 94 valence electrons. The number of aliphatic hydroxyl groups excluding tert-OH is 2. The van der Waals surface area contributed by atoms with E-state index >= 15 is 0 Å². The van der Waals surface area contributed by atoms with Gasteiger partial charge in [-0.05, 0) is 11.8 Å². The number of ether oxygens (including phenoxy) is 1. The summed E-state index contributed by atoms with van der Waals surface area (Å²) >= 11 is 0. The van der Waals surface area contributed by atoms with E-state index in [2.05, 4.69) is 13.8 Å². The molecule has 0 aromatic heterocycles. The molecule has 3 atom stereocenters. The van der Waals surface area contributed by atoms with E-state index in [1.807, 2.05) is 0 Å². The molecule has 0 bridgehead atoms. The summed E-state index contributed by atoms with van der Waals surface area (Å²) in [6.45, 7) is 6.14. The van der Waals surface area contributed by atoms with Crippen LogP contribution in [0.3, 0.4) is 0 Å². The normalized spacial score (nSPS) is 27.7. The van der Waals surface area contributed by atoms with Gasteiger partial charge in [0.15, 0.2) is 0 Å². The maximum absolute atomic E-state index is 11.8. The minimum absolute atomic E-state index is 0.0273. The zero-order valence-electron chi connectivity index (χ0n) is 10.3. The van der Waals surface area contributed by atoms with E-state index in [-0.39, 0.29) is 23.9 Å². The van der Waals surface area contributed by atoms with Crippen LogP contribution >= 0.6 is 0 Å². The van der Waals surface area contributed by atoms with Crippen molar-refractivity contribution in [2.75, 3.05) is 13.2 Å². The minimum Gasteiger partial charge on any atom is -0.394 e. The summed E-state index contributed by atoms with van der Waals surface area (Å²) in [4.78, 5) is 11.8. The average molecular weight is 230 g/mol. The van der Waals surface area contributed by atoms with Gasteiger partial charge < -0.3 is 14.9 Å². The van der Waals surface area contributed by atoms with Crippen LogP contribution in [0.1, 0.15) is 33.6 Å². The first-order valence-electron chi connectivity index (χ1n) is 5.81. The number of carbonyl (C=O) groups is 1. The van der Waals surface area contributed by atoms with Crippen LogP contribution in [-0.4, -0.2) is 41.4 Å². The molecule has 0 aromatic carbocycles. The van der Waals surface area contributed by atoms with Crippen molar-refractivity contribution in [1.82, 2.24) is 0 Å². The first-order valence-corrected chi connectivity index (χ1v) is 5.81. The molecule has 1 saturated heterocycles. The molecule has 0 spiro atoms. The van der Waals surface area contributed by atoms with Gasteiger partial charge in [0, 0.05) is 18.9 Å². The molecule has 3 unspecified atom stereocenters. The molecule has 1 aliphatic rings. The Labute approximate surface area is 96.6 Å². The summed E-state index contributed by atoms with van der Waals surface area (Å²) < 4.78 is 5.54. The summed E-state index contributed by atoms with van der Waals surface area (Å²) in [5, 5.41) is 18.2. The van der Waals surface area contributed by atoms with Gasteiger partial charge in [0.2, 0.25) is 0 Å². The predicted molar refractivity (Wildman–Crippen MR) is 60.0 cm³/mol. The van der Waals surface area contributed by atoms with E-state index in [0.29, 0.717) is 13.0 Å². The fraction of sp³-hybridized carbons (Fsp3) is 0.917. The summed E-state index contributed by atoms with van der Waals surface area (Å²) in [6.07, 6.45) is 0.262. The smallest absolute Gasteiger partial charge is 0.140 e. The van der Waals surface area contributed by atoms with E-state index < -0.39 is 12.0 Å². The molecule has 0 aliphatic carbocycles. The standard InChI is InChI=1S/C12H22O4/c1-8(10(15)7-13)9(14)6-11-12(2,3)4-5-16-11/h8,10-11,13,15H,4-7H2,1-3H3. The number of ketones is 1. The molecule has 1 fully saturated rings. The predicted octanol–water partition coefficient (Wildman–Crippen LogP) is 0.750. The van der Waals surface area contributed by atoms with Gasteiger partial charge in [0.05, 0.1) is 18.8 Å². The van der Waals surface area contributed by atoms with E-state index in [0.717, 1.165) is 6.42 Å². The second kappa shape index (κ2) is 5.25. The summed E-state index contributed by atoms with van der Waals surface area (Å²) in [5.74, 6) is -0.563. The molecule has 1 aliphatic heterocycles. The molecule has 0 amide bonds. The lowest BCUT2D eigenvalue weighted by molar-refractivity contribution is -0.129. The van der Waals surface area contributed by atoms with Crippen molar-refractivity contribution in [3.63, 3.8) is 0 Å². The molecule has 4 heteroatoms. The van der Waals surface area contributed by atoms with Crippen molar-refractivity contribution in [3.8, 4) is 0 Å². The molecular formula is C12H22O4. The largest absolute Gasteiger partial charge is 0.394 e. The van der Waals surface area contributed by atoms with Gasteiger partial charge in [0.25, 0.3) is 0 Å². The average Bonchev–Trinajstić information content (AvgIpc) is 2.56. The van der Waals surface area contributed by atoms with Crippen LogP contribution in [0.15, 0.2) is 0 Å². The van der Waals surface area contributed by atoms with Crippen molar-refractivity contribution < 1.29 is 19.7 Å². The third-order valence-corrected chi connectivity index (χ3v) is 3.60. The van der Waals surface area contributed by atoms with Gasteiger partial charge in [-0.2, -0.15) is 0 Å². The fourth-order valence-electron chi connectivity index (χ4n) is 1.93. The topological polar surface area (TPSA) is 66.8 Å². The van der Waals surface area contributed by atoms with E-state index in [1.54, 1.807) is 6.92 Å². The molecule has 1 rings (SSSR count). The second-order valence-electron chi connectivity index (χ2n) is 5.31. The fourth-order valence-corrected chi connectivity index (χ4v) is 1.93. The number of aliphatic hydroxyl groups is 2. The highest BCUT2D eigenvalue weighted by Gasteiger charge is 2.38. The third kappa shape index (κ3) is 3.03. The highest BCUT2D eigenvalue weighted by Crippen LogP contribution is 2.36. The Bertz CT molecular complexity index is 249. The SMILES string of the molecule is CC(C(=O)CC1OCCC1(C)C)C(O)CO. The summed E-state index contributed by atoms with van der Waals surface area (Å²) in [7, 11) is 0. The van der Waals surface area contributed by atoms with Crippen LogP contribution in [0.2, 0.25) is 0 Å². The zero-order chi connectivity index (χ0) is 12.3. The number of hydrogen-bond donors (Lipinski definition) is 2. The Kier molecular flexibility index (Phi) is 4.47. The molecule has 0 radical (unpaired) electrons. The highest BCUT2D eigenvalue weighted by molar-refractivity contribution is 5.81. The van der Waals surface area contributed by atoms with Crippen LogP contribution in [0.4, 0.5) is 0 Å². The molecule has 0 saturated carbocycles. The maximum atomic E-state index is 11.8. The number of hydrogen-bond acceptors (Lipinski definition) is 4. The molecular weight excluding hydrogens is 208 g/mol. The van der Waals surface area contributed by atoms with Gasteiger partial charge >= 0.3 is 0 Å². The summed E-state index contributed by atoms with van der Waals surface area (Å²) in [6, 6.07) is 0. The van der Waals surface area contributed by atoms with Crippen LogP contribution in [0, 0.1) is 11.3 Å². The van der Waals surface area contributed by atoms with Crippen molar-refractivity contribution in [2.24, 2.45) is 11.3 Å². The lowest BCUT2D eigenvalue weighted by Gasteiger charge is -2.26. The molecule has 0 aromatic rings. The first kappa shape index (κ1) is 13.6. The Morgan fingerprint density at radius 1 is 1.56 bits per heavy atom. The molecule has 1 heterocycles. The van der Waals surface area contributed by atoms with Gasteiger partial charge in [-0.1, -0.05) is 20.8 Å². The first-order chi connectivity index (χ1) is 7.38. The lowest BCUT2D eigenvalue weighted by Crippen LogP contribution is -2.34. The minimum atomic E-state index is -0.961. The van der Waals surface area contributed by atoms with E-state index in [9.17, 15) is 9.90 Å². The van der Waals surface area contributed by atoms with Gasteiger partial charge in [-0.15, -0.1) is 0 Å². The Morgan fingerprint density at radius 3 is 2.62 bits per heavy atom. The van der Waals surface area contributed by atoms with Crippen LogP contribution in [-0.2, 0) is 9.53 Å². The maximum Gasteiger partial charge on any atom is 0.140 e. The van der Waals surface area contributed by atoms with Crippen LogP contribution in [0.25, 0.3) is 0 Å². The van der Waals surface area contributed by atoms with Gasteiger partial charge in [-0.25, -0.2) is 0 Å². The second-order valence-corrected chi connectivity index (χ2v) is 5.31. The van der Waals surface area contributed by atoms with Gasteiger partial charge in [0.1, 0.15) is 5.78 Å². The lowest BCUT2D eigenvalue weighted by atomic mass is 9.81. The van der Waals surface area contributed by atoms with Gasteiger partial charge in [-0.3, -0.25) is 4.79 Å². The number of carbonyl (C=O) groups excluding carboxylic acids is 1. The van der Waals surface area contributed by atoms with E-state index in [4.69, 9.17) is 9.84 Å². The Hall–Kier alpha value is -0.450. The van der Waals surface area contributed by atoms with Crippen LogP contribution in [0.5, 0.6) is 0 Å². The molecule has 16 heavy (non-hydrogen) atoms. The molecule has 4 nitrogen and oxygen atoms in total. The zero-order valence-corrected chi connectivity index (χ0v) is 10.3. The van der Waals surface area contributed by atoms with Crippen molar-refractivity contribution >= 4 is 5.78 Å². The highest BCUT2D eigenvalue weighted by atomic mass is 16.5.